The smallest absolute Gasteiger partial charge is 0.238 e. The number of imidazole rings is 1. The summed E-state index contributed by atoms with van der Waals surface area (Å²) < 4.78 is 30.7. The Morgan fingerprint density at radius 1 is 1.29 bits per heavy atom. The molecule has 0 saturated carbocycles. The van der Waals surface area contributed by atoms with Crippen molar-refractivity contribution >= 4 is 10.0 Å². The second kappa shape index (κ2) is 5.87. The average molecular weight is 309 g/mol. The van der Waals surface area contributed by atoms with E-state index in [-0.39, 0.29) is 4.90 Å². The zero-order valence-corrected chi connectivity index (χ0v) is 13.1. The van der Waals surface area contributed by atoms with Gasteiger partial charge in [-0.1, -0.05) is 0 Å². The molecule has 1 aromatic carbocycles. The standard InChI is InChI=1S/C14H19N3O3S/c1-4-17-9-16-7-12(17)8-20-13-5-6-14(21(15,18)19)11(3)10(13)2/h5-7,9H,4,8H2,1-3H3,(H2,15,18,19). The van der Waals surface area contributed by atoms with Gasteiger partial charge in [0.2, 0.25) is 10.0 Å². The fraction of sp³-hybridized carbons (Fsp3) is 0.357. The summed E-state index contributed by atoms with van der Waals surface area (Å²) in [7, 11) is -3.71. The van der Waals surface area contributed by atoms with E-state index in [1.54, 1.807) is 25.5 Å². The number of primary sulfonamides is 1. The molecule has 2 N–H and O–H groups in total. The highest BCUT2D eigenvalue weighted by molar-refractivity contribution is 7.89. The number of rotatable bonds is 5. The SMILES string of the molecule is CCn1cncc1COc1ccc(S(N)(=O)=O)c(C)c1C. The topological polar surface area (TPSA) is 87.2 Å². The van der Waals surface area contributed by atoms with Crippen molar-refractivity contribution in [1.29, 1.82) is 0 Å². The zero-order valence-electron chi connectivity index (χ0n) is 12.3. The highest BCUT2D eigenvalue weighted by Gasteiger charge is 2.15. The summed E-state index contributed by atoms with van der Waals surface area (Å²) in [5.74, 6) is 0.642. The lowest BCUT2D eigenvalue weighted by Gasteiger charge is -2.14. The second-order valence-electron chi connectivity index (χ2n) is 4.82. The first-order valence-corrected chi connectivity index (χ1v) is 8.14. The number of nitrogens with zero attached hydrogens (tertiary/aromatic N) is 2. The summed E-state index contributed by atoms with van der Waals surface area (Å²) in [5, 5.41) is 5.19. The number of benzene rings is 1. The molecule has 0 aliphatic carbocycles. The van der Waals surface area contributed by atoms with E-state index in [9.17, 15) is 8.42 Å². The minimum absolute atomic E-state index is 0.131. The Morgan fingerprint density at radius 2 is 2.00 bits per heavy atom. The van der Waals surface area contributed by atoms with E-state index < -0.39 is 10.0 Å². The Bertz CT molecular complexity index is 751. The molecular formula is C14H19N3O3S. The number of hydrogen-bond acceptors (Lipinski definition) is 4. The number of sulfonamides is 1. The lowest BCUT2D eigenvalue weighted by atomic mass is 10.1. The van der Waals surface area contributed by atoms with Gasteiger partial charge in [-0.05, 0) is 44.0 Å². The molecule has 0 atom stereocenters. The molecule has 1 aromatic heterocycles. The van der Waals surface area contributed by atoms with Crippen LogP contribution in [0.4, 0.5) is 0 Å². The van der Waals surface area contributed by atoms with E-state index in [4.69, 9.17) is 9.88 Å². The summed E-state index contributed by atoms with van der Waals surface area (Å²) >= 11 is 0. The lowest BCUT2D eigenvalue weighted by molar-refractivity contribution is 0.293. The van der Waals surface area contributed by atoms with Gasteiger partial charge in [0.05, 0.1) is 23.1 Å². The Hall–Kier alpha value is -1.86. The van der Waals surface area contributed by atoms with Gasteiger partial charge in [-0.3, -0.25) is 0 Å². The Labute approximate surface area is 124 Å². The Morgan fingerprint density at radius 3 is 2.62 bits per heavy atom. The van der Waals surface area contributed by atoms with Crippen molar-refractivity contribution < 1.29 is 13.2 Å². The molecular weight excluding hydrogens is 290 g/mol. The van der Waals surface area contributed by atoms with Crippen molar-refractivity contribution in [1.82, 2.24) is 9.55 Å². The molecule has 21 heavy (non-hydrogen) atoms. The van der Waals surface area contributed by atoms with Crippen molar-refractivity contribution in [2.45, 2.75) is 38.8 Å². The van der Waals surface area contributed by atoms with Crippen LogP contribution >= 0.6 is 0 Å². The molecule has 0 radical (unpaired) electrons. The third kappa shape index (κ3) is 3.25. The number of aromatic nitrogens is 2. The van der Waals surface area contributed by atoms with Crippen molar-refractivity contribution in [3.05, 3.63) is 41.5 Å². The molecule has 2 aromatic rings. The van der Waals surface area contributed by atoms with Gasteiger partial charge in [0.1, 0.15) is 12.4 Å². The van der Waals surface area contributed by atoms with Gasteiger partial charge in [0.25, 0.3) is 0 Å². The quantitative estimate of drug-likeness (QED) is 0.911. The van der Waals surface area contributed by atoms with E-state index in [2.05, 4.69) is 4.98 Å². The summed E-state index contributed by atoms with van der Waals surface area (Å²) in [6.07, 6.45) is 3.51. The molecule has 0 fully saturated rings. The van der Waals surface area contributed by atoms with Gasteiger partial charge < -0.3 is 9.30 Å². The van der Waals surface area contributed by atoms with Crippen LogP contribution in [0.5, 0.6) is 5.75 Å². The third-order valence-corrected chi connectivity index (χ3v) is 4.56. The van der Waals surface area contributed by atoms with Crippen LogP contribution in [-0.4, -0.2) is 18.0 Å². The highest BCUT2D eigenvalue weighted by Crippen LogP contribution is 2.27. The van der Waals surface area contributed by atoms with Crippen LogP contribution in [0.2, 0.25) is 0 Å². The largest absolute Gasteiger partial charge is 0.487 e. The molecule has 1 heterocycles. The predicted molar refractivity (Wildman–Crippen MR) is 79.5 cm³/mol. The van der Waals surface area contributed by atoms with Crippen molar-refractivity contribution in [3.63, 3.8) is 0 Å². The normalized spacial score (nSPS) is 11.6. The summed E-state index contributed by atoms with van der Waals surface area (Å²) in [5.41, 5.74) is 2.34. The second-order valence-corrected chi connectivity index (χ2v) is 6.35. The van der Waals surface area contributed by atoms with Crippen molar-refractivity contribution in [2.24, 2.45) is 5.14 Å². The van der Waals surface area contributed by atoms with Gasteiger partial charge in [0, 0.05) is 6.54 Å². The zero-order chi connectivity index (χ0) is 15.6. The molecule has 0 amide bonds. The maximum atomic E-state index is 11.5. The van der Waals surface area contributed by atoms with Crippen LogP contribution in [0.15, 0.2) is 29.6 Å². The summed E-state index contributed by atoms with van der Waals surface area (Å²) in [6.45, 7) is 6.76. The number of aryl methyl sites for hydroxylation is 1. The van der Waals surface area contributed by atoms with E-state index in [0.29, 0.717) is 17.9 Å². The van der Waals surface area contributed by atoms with E-state index >= 15 is 0 Å². The van der Waals surface area contributed by atoms with E-state index in [0.717, 1.165) is 17.8 Å². The molecule has 114 valence electrons. The first-order valence-electron chi connectivity index (χ1n) is 6.59. The Balaban J connectivity index is 2.24. The van der Waals surface area contributed by atoms with Crippen LogP contribution in [0.3, 0.4) is 0 Å². The average Bonchev–Trinajstić information content (AvgIpc) is 2.86. The Kier molecular flexibility index (Phi) is 4.34. The minimum atomic E-state index is -3.71. The van der Waals surface area contributed by atoms with Crippen LogP contribution in [0, 0.1) is 13.8 Å². The van der Waals surface area contributed by atoms with Gasteiger partial charge >= 0.3 is 0 Å². The van der Waals surface area contributed by atoms with Crippen molar-refractivity contribution in [3.8, 4) is 5.75 Å². The van der Waals surface area contributed by atoms with E-state index in [1.165, 1.54) is 6.07 Å². The summed E-state index contributed by atoms with van der Waals surface area (Å²) in [6, 6.07) is 3.11. The maximum absolute atomic E-state index is 11.5. The highest BCUT2D eigenvalue weighted by atomic mass is 32.2. The van der Waals surface area contributed by atoms with E-state index in [1.807, 2.05) is 18.4 Å². The molecule has 0 aliphatic heterocycles. The summed E-state index contributed by atoms with van der Waals surface area (Å²) in [4.78, 5) is 4.21. The first kappa shape index (κ1) is 15.5. The van der Waals surface area contributed by atoms with Crippen LogP contribution < -0.4 is 9.88 Å². The van der Waals surface area contributed by atoms with Gasteiger partial charge in [-0.2, -0.15) is 0 Å². The van der Waals surface area contributed by atoms with Gasteiger partial charge in [-0.25, -0.2) is 18.5 Å². The molecule has 7 heteroatoms. The third-order valence-electron chi connectivity index (χ3n) is 3.51. The molecule has 0 aliphatic rings. The lowest BCUT2D eigenvalue weighted by Crippen LogP contribution is -2.14. The van der Waals surface area contributed by atoms with Crippen LogP contribution in [0.1, 0.15) is 23.7 Å². The molecule has 0 bridgehead atoms. The first-order chi connectivity index (χ1) is 9.84. The number of nitrogens with two attached hydrogens (primary N) is 1. The number of ether oxygens (including phenoxy) is 1. The maximum Gasteiger partial charge on any atom is 0.238 e. The fourth-order valence-corrected chi connectivity index (χ4v) is 2.98. The van der Waals surface area contributed by atoms with Gasteiger partial charge in [0.15, 0.2) is 0 Å². The molecule has 6 nitrogen and oxygen atoms in total. The van der Waals surface area contributed by atoms with Gasteiger partial charge in [-0.15, -0.1) is 0 Å². The fourth-order valence-electron chi connectivity index (χ4n) is 2.14. The molecule has 0 unspecified atom stereocenters. The predicted octanol–water partition coefficient (Wildman–Crippen LogP) is 1.75. The monoisotopic (exact) mass is 309 g/mol. The van der Waals surface area contributed by atoms with Crippen molar-refractivity contribution in [2.75, 3.05) is 0 Å². The molecule has 0 spiro atoms. The minimum Gasteiger partial charge on any atom is -0.487 e. The van der Waals surface area contributed by atoms with Crippen LogP contribution in [0.25, 0.3) is 0 Å². The van der Waals surface area contributed by atoms with Crippen LogP contribution in [-0.2, 0) is 23.2 Å². The molecule has 0 saturated heterocycles. The molecule has 2 rings (SSSR count). The number of hydrogen-bond donors (Lipinski definition) is 1.